The number of likely N-dealkylation sites (tertiary alicyclic amines) is 1. The number of amides is 1. The van der Waals surface area contributed by atoms with Crippen molar-refractivity contribution < 1.29 is 9.53 Å². The van der Waals surface area contributed by atoms with E-state index in [2.05, 4.69) is 15.6 Å². The van der Waals surface area contributed by atoms with Crippen molar-refractivity contribution in [3.8, 4) is 5.75 Å². The number of carbonyl (C=O) groups is 1. The van der Waals surface area contributed by atoms with Crippen LogP contribution in [0, 0.1) is 6.92 Å². The van der Waals surface area contributed by atoms with Crippen molar-refractivity contribution in [1.82, 2.24) is 23.8 Å². The molecule has 8 nitrogen and oxygen atoms in total. The van der Waals surface area contributed by atoms with Crippen molar-refractivity contribution in [3.05, 3.63) is 106 Å². The lowest BCUT2D eigenvalue weighted by Gasteiger charge is -2.33. The number of aryl methyl sites for hydroxylation is 1. The van der Waals surface area contributed by atoms with Crippen LogP contribution in [0.4, 0.5) is 0 Å². The van der Waals surface area contributed by atoms with Gasteiger partial charge in [0.1, 0.15) is 29.4 Å². The number of aromatic nitrogens is 4. The second kappa shape index (κ2) is 9.54. The number of nitrogens with zero attached hydrogens (tertiary/aromatic N) is 5. The number of hydrogen-bond donors (Lipinski definition) is 0. The molecule has 186 valence electrons. The molecule has 0 unspecified atom stereocenters. The van der Waals surface area contributed by atoms with Gasteiger partial charge < -0.3 is 14.2 Å². The molecule has 0 bridgehead atoms. The standard InChI is InChI=1S/C29H27N5O3/c1-20-9-11-22(12-10-20)37-19-27-31-24-6-2-3-7-25(24)34(27)21-13-16-32(17-14-21)28(35)23-18-30-26-8-4-5-15-33(26)29(23)36/h2-12,15,18,21H,13-14,16-17,19H2,1H3. The van der Waals surface area contributed by atoms with E-state index in [0.29, 0.717) is 25.3 Å². The maximum absolute atomic E-state index is 13.3. The molecule has 4 heterocycles. The first-order valence-electron chi connectivity index (χ1n) is 12.5. The van der Waals surface area contributed by atoms with Crippen LogP contribution in [0.15, 0.2) is 83.9 Å². The minimum absolute atomic E-state index is 0.0995. The van der Waals surface area contributed by atoms with Gasteiger partial charge in [0.25, 0.3) is 11.5 Å². The van der Waals surface area contributed by atoms with E-state index >= 15 is 0 Å². The van der Waals surface area contributed by atoms with Gasteiger partial charge in [-0.3, -0.25) is 14.0 Å². The van der Waals surface area contributed by atoms with E-state index in [0.717, 1.165) is 35.4 Å². The van der Waals surface area contributed by atoms with E-state index in [-0.39, 0.29) is 23.1 Å². The average molecular weight is 494 g/mol. The third-order valence-electron chi connectivity index (χ3n) is 7.02. The number of benzene rings is 2. The molecule has 37 heavy (non-hydrogen) atoms. The van der Waals surface area contributed by atoms with E-state index in [9.17, 15) is 9.59 Å². The predicted molar refractivity (Wildman–Crippen MR) is 141 cm³/mol. The highest BCUT2D eigenvalue weighted by Gasteiger charge is 2.29. The first-order chi connectivity index (χ1) is 18.1. The Kier molecular flexibility index (Phi) is 5.92. The summed E-state index contributed by atoms with van der Waals surface area (Å²) in [6, 6.07) is 21.6. The number of ether oxygens (including phenoxy) is 1. The Morgan fingerprint density at radius 1 is 1.00 bits per heavy atom. The molecule has 6 rings (SSSR count). The molecule has 1 aliphatic heterocycles. The first-order valence-corrected chi connectivity index (χ1v) is 12.5. The minimum Gasteiger partial charge on any atom is -0.486 e. The Hall–Kier alpha value is -4.46. The lowest BCUT2D eigenvalue weighted by atomic mass is 10.0. The first kappa shape index (κ1) is 23.0. The maximum atomic E-state index is 13.3. The molecule has 0 aliphatic carbocycles. The molecule has 0 saturated carbocycles. The fourth-order valence-electron chi connectivity index (χ4n) is 5.06. The Bertz CT molecular complexity index is 1650. The third kappa shape index (κ3) is 4.35. The zero-order chi connectivity index (χ0) is 25.4. The molecule has 1 fully saturated rings. The molecule has 1 amide bonds. The summed E-state index contributed by atoms with van der Waals surface area (Å²) in [5.41, 5.74) is 3.46. The van der Waals surface area contributed by atoms with Crippen LogP contribution in [0.3, 0.4) is 0 Å². The number of fused-ring (bicyclic) bond motifs is 2. The van der Waals surface area contributed by atoms with Gasteiger partial charge in [-0.15, -0.1) is 0 Å². The second-order valence-electron chi connectivity index (χ2n) is 9.42. The SMILES string of the molecule is Cc1ccc(OCc2nc3ccccc3n2C2CCN(C(=O)c3cnc4ccccn4c3=O)CC2)cc1. The molecule has 1 aliphatic rings. The number of imidazole rings is 1. The monoisotopic (exact) mass is 493 g/mol. The van der Waals surface area contributed by atoms with Gasteiger partial charge in [-0.05, 0) is 56.2 Å². The summed E-state index contributed by atoms with van der Waals surface area (Å²) in [7, 11) is 0. The summed E-state index contributed by atoms with van der Waals surface area (Å²) < 4.78 is 9.76. The van der Waals surface area contributed by atoms with Crippen LogP contribution in [0.25, 0.3) is 16.7 Å². The normalized spacial score (nSPS) is 14.4. The van der Waals surface area contributed by atoms with Crippen molar-refractivity contribution in [1.29, 1.82) is 0 Å². The second-order valence-corrected chi connectivity index (χ2v) is 9.42. The molecule has 0 radical (unpaired) electrons. The Morgan fingerprint density at radius 2 is 1.76 bits per heavy atom. The van der Waals surface area contributed by atoms with Gasteiger partial charge in [0.05, 0.1) is 11.0 Å². The molecular formula is C29H27N5O3. The molecule has 2 aromatic carbocycles. The molecular weight excluding hydrogens is 466 g/mol. The van der Waals surface area contributed by atoms with Gasteiger partial charge in [0.15, 0.2) is 0 Å². The summed E-state index contributed by atoms with van der Waals surface area (Å²) in [4.78, 5) is 37.1. The Balaban J connectivity index is 1.22. The van der Waals surface area contributed by atoms with Gasteiger partial charge in [0.2, 0.25) is 0 Å². The van der Waals surface area contributed by atoms with Crippen LogP contribution >= 0.6 is 0 Å². The van der Waals surface area contributed by atoms with Gasteiger partial charge in [-0.1, -0.05) is 35.9 Å². The molecule has 1 saturated heterocycles. The Labute approximate surface area is 213 Å². The van der Waals surface area contributed by atoms with E-state index in [1.165, 1.54) is 16.2 Å². The molecule has 8 heteroatoms. The van der Waals surface area contributed by atoms with Crippen molar-refractivity contribution >= 4 is 22.6 Å². The third-order valence-corrected chi connectivity index (χ3v) is 7.02. The van der Waals surface area contributed by atoms with Crippen LogP contribution in [0.2, 0.25) is 0 Å². The van der Waals surface area contributed by atoms with Crippen molar-refractivity contribution in [2.24, 2.45) is 0 Å². The summed E-state index contributed by atoms with van der Waals surface area (Å²) in [6.07, 6.45) is 4.55. The van der Waals surface area contributed by atoms with Crippen LogP contribution in [0.5, 0.6) is 5.75 Å². The predicted octanol–water partition coefficient (Wildman–Crippen LogP) is 4.41. The van der Waals surface area contributed by atoms with Gasteiger partial charge in [0, 0.05) is 31.5 Å². The lowest BCUT2D eigenvalue weighted by molar-refractivity contribution is 0.0691. The van der Waals surface area contributed by atoms with Crippen LogP contribution < -0.4 is 10.3 Å². The van der Waals surface area contributed by atoms with Gasteiger partial charge in [-0.25, -0.2) is 9.97 Å². The topological polar surface area (TPSA) is 81.7 Å². The quantitative estimate of drug-likeness (QED) is 0.362. The molecule has 0 spiro atoms. The maximum Gasteiger partial charge on any atom is 0.270 e. The highest BCUT2D eigenvalue weighted by atomic mass is 16.5. The molecule has 5 aromatic rings. The number of pyridine rings is 1. The van der Waals surface area contributed by atoms with E-state index in [1.807, 2.05) is 55.5 Å². The summed E-state index contributed by atoms with van der Waals surface area (Å²) in [5, 5.41) is 0. The van der Waals surface area contributed by atoms with Crippen LogP contribution in [0.1, 0.15) is 40.6 Å². The molecule has 0 N–H and O–H groups in total. The van der Waals surface area contributed by atoms with Crippen molar-refractivity contribution in [2.75, 3.05) is 13.1 Å². The number of para-hydroxylation sites is 2. The lowest BCUT2D eigenvalue weighted by Crippen LogP contribution is -2.41. The zero-order valence-electron chi connectivity index (χ0n) is 20.6. The van der Waals surface area contributed by atoms with E-state index < -0.39 is 0 Å². The fourth-order valence-corrected chi connectivity index (χ4v) is 5.06. The smallest absolute Gasteiger partial charge is 0.270 e. The number of hydrogen-bond acceptors (Lipinski definition) is 5. The van der Waals surface area contributed by atoms with E-state index in [4.69, 9.17) is 9.72 Å². The highest BCUT2D eigenvalue weighted by molar-refractivity contribution is 5.93. The summed E-state index contributed by atoms with van der Waals surface area (Å²) in [6.45, 7) is 3.50. The van der Waals surface area contributed by atoms with Crippen LogP contribution in [-0.4, -0.2) is 42.8 Å². The fraction of sp³-hybridized carbons (Fsp3) is 0.241. The van der Waals surface area contributed by atoms with Crippen LogP contribution in [-0.2, 0) is 6.61 Å². The number of rotatable bonds is 5. The summed E-state index contributed by atoms with van der Waals surface area (Å²) in [5.74, 6) is 1.40. The largest absolute Gasteiger partial charge is 0.486 e. The highest BCUT2D eigenvalue weighted by Crippen LogP contribution is 2.30. The number of carbonyl (C=O) groups excluding carboxylic acids is 1. The van der Waals surface area contributed by atoms with Gasteiger partial charge >= 0.3 is 0 Å². The minimum atomic E-state index is -0.339. The molecule has 3 aromatic heterocycles. The van der Waals surface area contributed by atoms with Crippen molar-refractivity contribution in [2.45, 2.75) is 32.4 Å². The summed E-state index contributed by atoms with van der Waals surface area (Å²) >= 11 is 0. The van der Waals surface area contributed by atoms with Crippen molar-refractivity contribution in [3.63, 3.8) is 0 Å². The van der Waals surface area contributed by atoms with E-state index in [1.54, 1.807) is 23.2 Å². The zero-order valence-corrected chi connectivity index (χ0v) is 20.6. The number of piperidine rings is 1. The molecule has 0 atom stereocenters. The average Bonchev–Trinajstić information content (AvgIpc) is 3.31. The Morgan fingerprint density at radius 3 is 2.57 bits per heavy atom. The van der Waals surface area contributed by atoms with Gasteiger partial charge in [-0.2, -0.15) is 0 Å².